The maximum Gasteiger partial charge on any atom is 0.0795 e. The van der Waals surface area contributed by atoms with E-state index in [1.807, 2.05) is 5.51 Å². The van der Waals surface area contributed by atoms with Gasteiger partial charge in [-0.3, -0.25) is 0 Å². The number of methoxy groups -OCH3 is 1. The van der Waals surface area contributed by atoms with E-state index >= 15 is 0 Å². The zero-order chi connectivity index (χ0) is 11.8. The summed E-state index contributed by atoms with van der Waals surface area (Å²) < 4.78 is 5.03. The Morgan fingerprint density at radius 3 is 3.00 bits per heavy atom. The van der Waals surface area contributed by atoms with Crippen molar-refractivity contribution in [2.45, 2.75) is 13.0 Å². The molecule has 1 aromatic heterocycles. The smallest absolute Gasteiger partial charge is 0.0795 e. The standard InChI is InChI=1S/C11H21N3OS/c1-10(11-8-16-9-13-11)12-4-5-14(2)6-7-15-3/h8-10,12H,4-7H2,1-3H3. The summed E-state index contributed by atoms with van der Waals surface area (Å²) in [5.74, 6) is 0. The highest BCUT2D eigenvalue weighted by Gasteiger charge is 2.06. The predicted octanol–water partition coefficient (Wildman–Crippen LogP) is 1.37. The first-order valence-electron chi connectivity index (χ1n) is 5.53. The maximum absolute atomic E-state index is 5.03. The lowest BCUT2D eigenvalue weighted by molar-refractivity contribution is 0.161. The maximum atomic E-state index is 5.03. The number of aromatic nitrogens is 1. The van der Waals surface area contributed by atoms with Gasteiger partial charge in [0.2, 0.25) is 0 Å². The molecule has 0 amide bonds. The number of hydrogen-bond acceptors (Lipinski definition) is 5. The van der Waals surface area contributed by atoms with E-state index in [-0.39, 0.29) is 0 Å². The molecule has 0 radical (unpaired) electrons. The van der Waals surface area contributed by atoms with Crippen molar-refractivity contribution in [1.29, 1.82) is 0 Å². The van der Waals surface area contributed by atoms with Crippen LogP contribution in [0.15, 0.2) is 10.9 Å². The van der Waals surface area contributed by atoms with Crippen molar-refractivity contribution in [2.24, 2.45) is 0 Å². The van der Waals surface area contributed by atoms with Gasteiger partial charge in [-0.15, -0.1) is 11.3 Å². The van der Waals surface area contributed by atoms with Crippen LogP contribution in [0.2, 0.25) is 0 Å². The second-order valence-electron chi connectivity index (χ2n) is 3.89. The lowest BCUT2D eigenvalue weighted by atomic mass is 10.2. The SMILES string of the molecule is COCCN(C)CCNC(C)c1cscn1. The molecular formula is C11H21N3OS. The molecule has 0 aliphatic heterocycles. The van der Waals surface area contributed by atoms with Crippen molar-refractivity contribution in [1.82, 2.24) is 15.2 Å². The van der Waals surface area contributed by atoms with E-state index in [1.54, 1.807) is 18.4 Å². The molecule has 16 heavy (non-hydrogen) atoms. The van der Waals surface area contributed by atoms with Crippen LogP contribution in [-0.4, -0.2) is 50.3 Å². The first-order chi connectivity index (χ1) is 7.74. The molecule has 0 saturated heterocycles. The first-order valence-corrected chi connectivity index (χ1v) is 6.47. The predicted molar refractivity (Wildman–Crippen MR) is 67.9 cm³/mol. The fourth-order valence-corrected chi connectivity index (χ4v) is 2.02. The molecule has 1 aromatic rings. The Balaban J connectivity index is 2.11. The van der Waals surface area contributed by atoms with Gasteiger partial charge in [-0.1, -0.05) is 0 Å². The molecular weight excluding hydrogens is 222 g/mol. The Bertz CT molecular complexity index is 266. The van der Waals surface area contributed by atoms with Gasteiger partial charge in [-0.25, -0.2) is 4.98 Å². The lowest BCUT2D eigenvalue weighted by Crippen LogP contribution is -2.32. The first kappa shape index (κ1) is 13.6. The third-order valence-electron chi connectivity index (χ3n) is 2.52. The molecule has 0 aliphatic rings. The number of hydrogen-bond donors (Lipinski definition) is 1. The average molecular weight is 243 g/mol. The van der Waals surface area contributed by atoms with Crippen molar-refractivity contribution < 1.29 is 4.74 Å². The Kier molecular flexibility index (Phi) is 6.56. The van der Waals surface area contributed by atoms with Gasteiger partial charge in [0.15, 0.2) is 0 Å². The molecule has 92 valence electrons. The van der Waals surface area contributed by atoms with Crippen LogP contribution in [-0.2, 0) is 4.74 Å². The second kappa shape index (κ2) is 7.73. The van der Waals surface area contributed by atoms with Gasteiger partial charge >= 0.3 is 0 Å². The van der Waals surface area contributed by atoms with Crippen LogP contribution in [0, 0.1) is 0 Å². The summed E-state index contributed by atoms with van der Waals surface area (Å²) in [7, 11) is 3.84. The van der Waals surface area contributed by atoms with Gasteiger partial charge in [0.05, 0.1) is 17.8 Å². The molecule has 0 saturated carbocycles. The molecule has 0 bridgehead atoms. The minimum Gasteiger partial charge on any atom is -0.383 e. The van der Waals surface area contributed by atoms with E-state index in [0.29, 0.717) is 6.04 Å². The van der Waals surface area contributed by atoms with Gasteiger partial charge in [-0.2, -0.15) is 0 Å². The van der Waals surface area contributed by atoms with Gasteiger partial charge in [0, 0.05) is 38.2 Å². The molecule has 0 fully saturated rings. The van der Waals surface area contributed by atoms with E-state index in [0.717, 1.165) is 31.9 Å². The zero-order valence-electron chi connectivity index (χ0n) is 10.3. The van der Waals surface area contributed by atoms with E-state index in [2.05, 4.69) is 34.6 Å². The summed E-state index contributed by atoms with van der Waals surface area (Å²) in [5.41, 5.74) is 3.00. The number of rotatable bonds is 8. The summed E-state index contributed by atoms with van der Waals surface area (Å²) in [6, 6.07) is 0.335. The number of thiazole rings is 1. The quantitative estimate of drug-likeness (QED) is 0.748. The molecule has 1 rings (SSSR count). The molecule has 1 unspecified atom stereocenters. The molecule has 0 aromatic carbocycles. The largest absolute Gasteiger partial charge is 0.383 e. The van der Waals surface area contributed by atoms with Crippen molar-refractivity contribution >= 4 is 11.3 Å². The Morgan fingerprint density at radius 1 is 1.56 bits per heavy atom. The minimum atomic E-state index is 0.335. The number of nitrogens with zero attached hydrogens (tertiary/aromatic N) is 2. The van der Waals surface area contributed by atoms with Crippen LogP contribution in [0.5, 0.6) is 0 Å². The van der Waals surface area contributed by atoms with Crippen LogP contribution in [0.3, 0.4) is 0 Å². The van der Waals surface area contributed by atoms with Crippen molar-refractivity contribution in [2.75, 3.05) is 40.4 Å². The average Bonchev–Trinajstić information content (AvgIpc) is 2.79. The number of nitrogens with one attached hydrogen (secondary N) is 1. The van der Waals surface area contributed by atoms with Crippen LogP contribution in [0.1, 0.15) is 18.7 Å². The van der Waals surface area contributed by atoms with Gasteiger partial charge in [0.25, 0.3) is 0 Å². The van der Waals surface area contributed by atoms with Crippen LogP contribution in [0.4, 0.5) is 0 Å². The topological polar surface area (TPSA) is 37.4 Å². The molecule has 0 aliphatic carbocycles. The van der Waals surface area contributed by atoms with E-state index < -0.39 is 0 Å². The zero-order valence-corrected chi connectivity index (χ0v) is 11.1. The molecule has 1 N–H and O–H groups in total. The van der Waals surface area contributed by atoms with Gasteiger partial charge in [0.1, 0.15) is 0 Å². The molecule has 4 nitrogen and oxygen atoms in total. The third-order valence-corrected chi connectivity index (χ3v) is 3.12. The van der Waals surface area contributed by atoms with E-state index in [4.69, 9.17) is 4.74 Å². The molecule has 0 spiro atoms. The normalized spacial score (nSPS) is 13.2. The fourth-order valence-electron chi connectivity index (χ4n) is 1.37. The second-order valence-corrected chi connectivity index (χ2v) is 4.60. The lowest BCUT2D eigenvalue weighted by Gasteiger charge is -2.18. The van der Waals surface area contributed by atoms with Crippen molar-refractivity contribution in [3.05, 3.63) is 16.6 Å². The highest BCUT2D eigenvalue weighted by atomic mass is 32.1. The third kappa shape index (κ3) is 5.03. The summed E-state index contributed by atoms with van der Waals surface area (Å²) in [5, 5.41) is 5.54. The number of likely N-dealkylation sites (N-methyl/N-ethyl adjacent to an activating group) is 1. The summed E-state index contributed by atoms with van der Waals surface area (Å²) in [6.45, 7) is 5.91. The number of ether oxygens (including phenoxy) is 1. The van der Waals surface area contributed by atoms with Crippen LogP contribution >= 0.6 is 11.3 Å². The van der Waals surface area contributed by atoms with Gasteiger partial charge in [-0.05, 0) is 14.0 Å². The summed E-state index contributed by atoms with van der Waals surface area (Å²) in [4.78, 5) is 6.54. The Morgan fingerprint density at radius 2 is 2.38 bits per heavy atom. The van der Waals surface area contributed by atoms with Crippen LogP contribution < -0.4 is 5.32 Å². The Labute approximate surface area is 102 Å². The van der Waals surface area contributed by atoms with Crippen LogP contribution in [0.25, 0.3) is 0 Å². The van der Waals surface area contributed by atoms with E-state index in [9.17, 15) is 0 Å². The molecule has 1 atom stereocenters. The summed E-state index contributed by atoms with van der Waals surface area (Å²) >= 11 is 1.64. The van der Waals surface area contributed by atoms with Gasteiger partial charge < -0.3 is 15.0 Å². The fraction of sp³-hybridized carbons (Fsp3) is 0.727. The molecule has 1 heterocycles. The highest BCUT2D eigenvalue weighted by molar-refractivity contribution is 7.07. The van der Waals surface area contributed by atoms with E-state index in [1.165, 1.54) is 0 Å². The van der Waals surface area contributed by atoms with Crippen molar-refractivity contribution in [3.63, 3.8) is 0 Å². The monoisotopic (exact) mass is 243 g/mol. The summed E-state index contributed by atoms with van der Waals surface area (Å²) in [6.07, 6.45) is 0. The van der Waals surface area contributed by atoms with Crippen molar-refractivity contribution in [3.8, 4) is 0 Å². The Hall–Kier alpha value is -0.490. The minimum absolute atomic E-state index is 0.335. The highest BCUT2D eigenvalue weighted by Crippen LogP contribution is 2.10. The molecule has 5 heteroatoms.